The predicted molar refractivity (Wildman–Crippen MR) is 280 cm³/mol. The molecule has 0 radical (unpaired) electrons. The van der Waals surface area contributed by atoms with Crippen molar-refractivity contribution < 1.29 is 38.9 Å². The molecule has 2 aromatic carbocycles. The molecule has 0 spiro atoms. The van der Waals surface area contributed by atoms with Crippen LogP contribution in [0.15, 0.2) is 60.7 Å². The molecule has 14 heteroatoms. The molecule has 16 aliphatic rings. The van der Waals surface area contributed by atoms with Crippen molar-refractivity contribution in [3.05, 3.63) is 71.8 Å². The molecule has 18 rings (SSSR count). The highest BCUT2D eigenvalue weighted by Gasteiger charge is 2.58. The van der Waals surface area contributed by atoms with Crippen LogP contribution in [0.1, 0.15) is 153 Å². The minimum absolute atomic E-state index is 0.0333. The van der Waals surface area contributed by atoms with E-state index >= 15 is 0 Å². The van der Waals surface area contributed by atoms with Crippen LogP contribution in [0.25, 0.3) is 0 Å². The number of benzene rings is 2. The van der Waals surface area contributed by atoms with Crippen LogP contribution in [0.5, 0.6) is 0 Å². The standard InChI is InChI=1S/C20H26N2O3.C18H23NO3.C12H20N2O.C10H17NO/c1-13(23)22-20-9-15-7-16(10-20)18(17(8-15)11-20)21-19(24)25-12-14-5-3-2-4-6-14;20-17(22-11-12-4-2-1-3-5-12)19-16-14-6-13-7-15(16)10-18(21,8-13)9-14;1-7(15)14-12-4-8-2-9(5-12)11(13)10(3-8)6-12;11-9-7-1-6-2-8(9)5-10(12,3-6)4-7/h2-6,15-18H,7-12H2,1H3,(H,21,24)(H,22,23);1-5,13-16,21H,6-11H2,(H,19,20);8-11H,2-6,13H2,1H3,(H,14,15);6-9,12H,1-5,11H2. The molecule has 0 aromatic heterocycles. The van der Waals surface area contributed by atoms with Crippen molar-refractivity contribution in [3.63, 3.8) is 0 Å². The zero-order chi connectivity index (χ0) is 51.6. The van der Waals surface area contributed by atoms with E-state index in [2.05, 4.69) is 21.3 Å². The SMILES string of the molecule is CC(=O)NC12CC3CC(C1)C(N)C(C3)C2.CC(=O)NC12CC3CC(C1)C(NC(=O)OCc1ccccc1)C(C3)C2.NC1C2CC3CC1CC(O)(C3)C2.O=C(NC1C2CC3CC1CC(O)(C3)C2)OCc1ccccc1. The van der Waals surface area contributed by atoms with Gasteiger partial charge in [0.25, 0.3) is 0 Å². The summed E-state index contributed by atoms with van der Waals surface area (Å²) in [7, 11) is 0. The molecule has 16 saturated carbocycles. The van der Waals surface area contributed by atoms with Gasteiger partial charge in [0.15, 0.2) is 0 Å². The van der Waals surface area contributed by atoms with Crippen LogP contribution in [-0.2, 0) is 32.3 Å². The van der Waals surface area contributed by atoms with Gasteiger partial charge in [-0.25, -0.2) is 9.59 Å². The van der Waals surface area contributed by atoms with Crippen molar-refractivity contribution in [1.29, 1.82) is 0 Å². The number of amides is 4. The first-order valence-corrected chi connectivity index (χ1v) is 28.9. The van der Waals surface area contributed by atoms with Gasteiger partial charge in [-0.1, -0.05) is 60.7 Å². The van der Waals surface area contributed by atoms with Gasteiger partial charge in [0.2, 0.25) is 11.8 Å². The maximum Gasteiger partial charge on any atom is 0.407 e. The molecule has 2 aromatic rings. The minimum atomic E-state index is -0.456. The number of aliphatic hydroxyl groups is 2. The first kappa shape index (κ1) is 51.8. The van der Waals surface area contributed by atoms with Crippen LogP contribution in [0.3, 0.4) is 0 Å². The van der Waals surface area contributed by atoms with Crippen LogP contribution in [-0.4, -0.2) is 80.7 Å². The summed E-state index contributed by atoms with van der Waals surface area (Å²) in [6.07, 6.45) is 21.3. The van der Waals surface area contributed by atoms with Gasteiger partial charge in [0.1, 0.15) is 13.2 Å². The number of alkyl carbamates (subject to hydrolysis) is 2. The second-order valence-electron chi connectivity index (χ2n) is 26.9. The van der Waals surface area contributed by atoms with E-state index in [9.17, 15) is 29.4 Å². The summed E-state index contributed by atoms with van der Waals surface area (Å²) in [4.78, 5) is 47.2. The zero-order valence-corrected chi connectivity index (χ0v) is 44.1. The second-order valence-corrected chi connectivity index (χ2v) is 26.9. The highest BCUT2D eigenvalue weighted by molar-refractivity contribution is 5.74. The fourth-order valence-electron chi connectivity index (χ4n) is 19.4. The molecular weight excluding hydrogens is 933 g/mol. The number of hydrogen-bond acceptors (Lipinski definition) is 10. The van der Waals surface area contributed by atoms with E-state index in [0.717, 1.165) is 119 Å². The number of rotatable bonds is 8. The highest BCUT2D eigenvalue weighted by atomic mass is 16.6. The van der Waals surface area contributed by atoms with Crippen LogP contribution >= 0.6 is 0 Å². The van der Waals surface area contributed by atoms with E-state index in [1.54, 1.807) is 13.8 Å². The van der Waals surface area contributed by atoms with Crippen LogP contribution < -0.4 is 32.7 Å². The van der Waals surface area contributed by atoms with E-state index in [-0.39, 0.29) is 52.8 Å². The number of hydrogen-bond donors (Lipinski definition) is 8. The normalized spacial score (nSPS) is 44.1. The summed E-state index contributed by atoms with van der Waals surface area (Å²) in [5, 5.41) is 33.4. The Hall–Kier alpha value is -4.24. The lowest BCUT2D eigenvalue weighted by atomic mass is 9.51. The van der Waals surface area contributed by atoms with Gasteiger partial charge >= 0.3 is 12.2 Å². The molecule has 8 unspecified atom stereocenters. The monoisotopic (exact) mass is 1020 g/mol. The lowest BCUT2D eigenvalue weighted by Gasteiger charge is -2.60. The third-order valence-electron chi connectivity index (χ3n) is 21.1. The van der Waals surface area contributed by atoms with E-state index in [4.69, 9.17) is 20.9 Å². The van der Waals surface area contributed by atoms with Gasteiger partial charge in [0.05, 0.1) is 11.2 Å². The average molecular weight is 1020 g/mol. The van der Waals surface area contributed by atoms with E-state index in [1.165, 1.54) is 32.1 Å². The molecule has 0 aliphatic heterocycles. The molecule has 404 valence electrons. The zero-order valence-electron chi connectivity index (χ0n) is 44.1. The molecule has 10 N–H and O–H groups in total. The number of nitrogens with two attached hydrogens (primary N) is 2. The maximum atomic E-state index is 12.3. The fourth-order valence-corrected chi connectivity index (χ4v) is 19.4. The van der Waals surface area contributed by atoms with Crippen molar-refractivity contribution in [1.82, 2.24) is 21.3 Å². The molecule has 16 fully saturated rings. The average Bonchev–Trinajstić information content (AvgIpc) is 3.33. The summed E-state index contributed by atoms with van der Waals surface area (Å²) in [6, 6.07) is 20.6. The smallest absolute Gasteiger partial charge is 0.407 e. The summed E-state index contributed by atoms with van der Waals surface area (Å²) >= 11 is 0. The fraction of sp³-hybridized carbons (Fsp3) is 0.733. The summed E-state index contributed by atoms with van der Waals surface area (Å²) in [5.41, 5.74) is 13.7. The highest BCUT2D eigenvalue weighted by Crippen LogP contribution is 2.59. The Morgan fingerprint density at radius 1 is 0.459 bits per heavy atom. The molecule has 8 atom stereocenters. The number of nitrogens with one attached hydrogen (secondary N) is 4. The molecule has 14 nitrogen and oxygen atoms in total. The summed E-state index contributed by atoms with van der Waals surface area (Å²) < 4.78 is 10.8. The van der Waals surface area contributed by atoms with Gasteiger partial charge < -0.3 is 52.4 Å². The van der Waals surface area contributed by atoms with Crippen molar-refractivity contribution in [2.45, 2.75) is 202 Å². The molecule has 16 aliphatic carbocycles. The third kappa shape index (κ3) is 11.3. The number of carbonyl (C=O) groups excluding carboxylic acids is 4. The Kier molecular flexibility index (Phi) is 14.4. The first-order valence-electron chi connectivity index (χ1n) is 28.9. The Morgan fingerprint density at radius 3 is 1.11 bits per heavy atom. The molecule has 74 heavy (non-hydrogen) atoms. The maximum absolute atomic E-state index is 12.3. The predicted octanol–water partition coefficient (Wildman–Crippen LogP) is 7.76. The van der Waals surface area contributed by atoms with E-state index in [0.29, 0.717) is 84.5 Å². The molecule has 0 heterocycles. The van der Waals surface area contributed by atoms with Crippen LogP contribution in [0.4, 0.5) is 9.59 Å². The van der Waals surface area contributed by atoms with Crippen molar-refractivity contribution >= 4 is 24.0 Å². The topological polar surface area (TPSA) is 227 Å². The van der Waals surface area contributed by atoms with Crippen LogP contribution in [0, 0.1) is 71.0 Å². The minimum Gasteiger partial charge on any atom is -0.445 e. The van der Waals surface area contributed by atoms with E-state index < -0.39 is 5.60 Å². The largest absolute Gasteiger partial charge is 0.445 e. The van der Waals surface area contributed by atoms with Crippen LogP contribution in [0.2, 0.25) is 0 Å². The number of ether oxygens (including phenoxy) is 2. The Morgan fingerprint density at radius 2 is 0.757 bits per heavy atom. The Balaban J connectivity index is 0.000000110. The Bertz CT molecular complexity index is 2290. The van der Waals surface area contributed by atoms with Gasteiger partial charge in [-0.15, -0.1) is 0 Å². The molecule has 16 bridgehead atoms. The van der Waals surface area contributed by atoms with E-state index in [1.807, 2.05) is 60.7 Å². The molecule has 4 amide bonds. The van der Waals surface area contributed by atoms with Crippen molar-refractivity contribution in [3.8, 4) is 0 Å². The molecule has 0 saturated heterocycles. The molecular formula is C60H86N6O8. The van der Waals surface area contributed by atoms with Gasteiger partial charge in [-0.2, -0.15) is 0 Å². The lowest BCUT2D eigenvalue weighted by Crippen LogP contribution is -2.66. The van der Waals surface area contributed by atoms with Gasteiger partial charge in [-0.3, -0.25) is 9.59 Å². The quantitative estimate of drug-likeness (QED) is 0.128. The third-order valence-corrected chi connectivity index (χ3v) is 21.1. The summed E-state index contributed by atoms with van der Waals surface area (Å²) in [5.74, 6) is 7.50. The van der Waals surface area contributed by atoms with Crippen molar-refractivity contribution in [2.75, 3.05) is 0 Å². The van der Waals surface area contributed by atoms with Gasteiger partial charge in [-0.05, 0) is 211 Å². The van der Waals surface area contributed by atoms with Gasteiger partial charge in [0, 0.05) is 49.1 Å². The Labute approximate surface area is 438 Å². The first-order chi connectivity index (χ1) is 35.4. The second kappa shape index (κ2) is 20.6. The number of carbonyl (C=O) groups is 4. The van der Waals surface area contributed by atoms with Crippen molar-refractivity contribution in [2.24, 2.45) is 82.5 Å². The summed E-state index contributed by atoms with van der Waals surface area (Å²) in [6.45, 7) is 3.85. The lowest BCUT2D eigenvalue weighted by molar-refractivity contribution is -0.137.